The second-order valence-corrected chi connectivity index (χ2v) is 5.80. The van der Waals surface area contributed by atoms with E-state index in [1.807, 2.05) is 6.07 Å². The number of pyridine rings is 1. The van der Waals surface area contributed by atoms with E-state index >= 15 is 0 Å². The number of nitrogens with zero attached hydrogens (tertiary/aromatic N) is 2. The first-order chi connectivity index (χ1) is 13.6. The van der Waals surface area contributed by atoms with Gasteiger partial charge in [-0.1, -0.05) is 12.1 Å². The number of carbonyl (C=O) groups excluding carboxylic acids is 3. The number of nitrogens with one attached hydrogen (secondary N) is 4. The van der Waals surface area contributed by atoms with Gasteiger partial charge in [0.15, 0.2) is 0 Å². The first kappa shape index (κ1) is 18.8. The van der Waals surface area contributed by atoms with Crippen molar-refractivity contribution in [3.05, 3.63) is 77.9 Å². The molecule has 0 radical (unpaired) electrons. The molecule has 0 fully saturated rings. The summed E-state index contributed by atoms with van der Waals surface area (Å²) in [6.45, 7) is 0.439. The van der Waals surface area contributed by atoms with E-state index in [0.717, 1.165) is 5.69 Å². The molecule has 2 heterocycles. The molecule has 1 aromatic carbocycles. The number of amides is 3. The maximum Gasteiger partial charge on any atom is 0.313 e. The molecule has 0 bridgehead atoms. The first-order valence-electron chi connectivity index (χ1n) is 8.47. The van der Waals surface area contributed by atoms with Crippen LogP contribution in [-0.2, 0) is 22.7 Å². The fourth-order valence-electron chi connectivity index (χ4n) is 2.34. The van der Waals surface area contributed by atoms with Crippen LogP contribution in [0.1, 0.15) is 21.7 Å². The van der Waals surface area contributed by atoms with Gasteiger partial charge in [0.05, 0.1) is 24.5 Å². The van der Waals surface area contributed by atoms with Crippen LogP contribution in [0.25, 0.3) is 0 Å². The molecule has 9 nitrogen and oxygen atoms in total. The van der Waals surface area contributed by atoms with Crippen molar-refractivity contribution >= 4 is 23.4 Å². The fourth-order valence-corrected chi connectivity index (χ4v) is 2.34. The van der Waals surface area contributed by atoms with E-state index in [1.54, 1.807) is 48.8 Å². The lowest BCUT2D eigenvalue weighted by molar-refractivity contribution is -0.136. The molecule has 0 aliphatic carbocycles. The molecule has 3 amide bonds. The zero-order valence-corrected chi connectivity index (χ0v) is 14.8. The predicted molar refractivity (Wildman–Crippen MR) is 101 cm³/mol. The molecule has 0 aliphatic rings. The number of anilines is 1. The van der Waals surface area contributed by atoms with E-state index in [1.165, 1.54) is 6.07 Å². The zero-order valence-electron chi connectivity index (χ0n) is 14.8. The molecule has 0 saturated carbocycles. The Kier molecular flexibility index (Phi) is 6.09. The van der Waals surface area contributed by atoms with Gasteiger partial charge in [0.25, 0.3) is 5.91 Å². The summed E-state index contributed by atoms with van der Waals surface area (Å²) in [5.41, 5.74) is 2.10. The van der Waals surface area contributed by atoms with Gasteiger partial charge in [0.1, 0.15) is 0 Å². The molecule has 0 atom stereocenters. The first-order valence-corrected chi connectivity index (χ1v) is 8.47. The number of benzene rings is 1. The highest BCUT2D eigenvalue weighted by molar-refractivity contribution is 6.39. The number of aromatic amines is 1. The highest BCUT2D eigenvalue weighted by Gasteiger charge is 2.14. The minimum atomic E-state index is -0.828. The summed E-state index contributed by atoms with van der Waals surface area (Å²) in [4.78, 5) is 40.3. The van der Waals surface area contributed by atoms with Gasteiger partial charge in [0.2, 0.25) is 0 Å². The lowest BCUT2D eigenvalue weighted by Crippen LogP contribution is -2.35. The molecule has 0 saturated heterocycles. The average molecular weight is 378 g/mol. The van der Waals surface area contributed by atoms with Crippen LogP contribution in [0, 0.1) is 0 Å². The molecule has 0 spiro atoms. The quantitative estimate of drug-likeness (QED) is 0.476. The normalized spacial score (nSPS) is 10.1. The second-order valence-electron chi connectivity index (χ2n) is 5.80. The molecular formula is C19H18N6O3. The fraction of sp³-hybridized carbons (Fsp3) is 0.105. The minimum absolute atomic E-state index is 0.155. The van der Waals surface area contributed by atoms with Crippen LogP contribution in [0.3, 0.4) is 0 Å². The van der Waals surface area contributed by atoms with Gasteiger partial charge in [-0.3, -0.25) is 24.5 Å². The molecule has 3 aromatic rings. The Morgan fingerprint density at radius 2 is 1.79 bits per heavy atom. The third-order valence-corrected chi connectivity index (χ3v) is 3.74. The van der Waals surface area contributed by atoms with Gasteiger partial charge < -0.3 is 16.0 Å². The summed E-state index contributed by atoms with van der Waals surface area (Å²) in [6.07, 6.45) is 3.20. The molecule has 4 N–H and O–H groups in total. The number of hydrogen-bond donors (Lipinski definition) is 4. The predicted octanol–water partition coefficient (Wildman–Crippen LogP) is 0.990. The average Bonchev–Trinajstić information content (AvgIpc) is 3.25. The largest absolute Gasteiger partial charge is 0.346 e. The van der Waals surface area contributed by atoms with Crippen molar-refractivity contribution in [2.45, 2.75) is 13.1 Å². The lowest BCUT2D eigenvalue weighted by atomic mass is 10.2. The Balaban J connectivity index is 1.54. The molecule has 142 valence electrons. The standard InChI is InChI=1S/C19H18N6O3/c26-17(21-11-15-5-1-2-8-20-15)13-4-3-6-14(10-13)24-19(28)18(27)22-12-16-7-9-23-25-16/h1-10H,11-12H2,(H,21,26)(H,22,27)(H,23,25)(H,24,28). The molecule has 3 rings (SSSR count). The highest BCUT2D eigenvalue weighted by atomic mass is 16.2. The molecular weight excluding hydrogens is 360 g/mol. The third-order valence-electron chi connectivity index (χ3n) is 3.74. The van der Waals surface area contributed by atoms with Gasteiger partial charge >= 0.3 is 11.8 Å². The van der Waals surface area contributed by atoms with Crippen LogP contribution in [0.2, 0.25) is 0 Å². The number of hydrogen-bond acceptors (Lipinski definition) is 5. The van der Waals surface area contributed by atoms with Crippen LogP contribution in [-0.4, -0.2) is 32.9 Å². The number of H-pyrrole nitrogens is 1. The van der Waals surface area contributed by atoms with Crippen molar-refractivity contribution in [1.29, 1.82) is 0 Å². The van der Waals surface area contributed by atoms with Crippen molar-refractivity contribution in [2.75, 3.05) is 5.32 Å². The Morgan fingerprint density at radius 3 is 2.54 bits per heavy atom. The molecule has 9 heteroatoms. The number of carbonyl (C=O) groups is 3. The van der Waals surface area contributed by atoms with Gasteiger partial charge in [-0.25, -0.2) is 0 Å². The topological polar surface area (TPSA) is 129 Å². The summed E-state index contributed by atoms with van der Waals surface area (Å²) in [7, 11) is 0. The Bertz CT molecular complexity index is 957. The van der Waals surface area contributed by atoms with E-state index in [-0.39, 0.29) is 19.0 Å². The smallest absolute Gasteiger partial charge is 0.313 e. The van der Waals surface area contributed by atoms with E-state index in [2.05, 4.69) is 31.1 Å². The van der Waals surface area contributed by atoms with E-state index in [4.69, 9.17) is 0 Å². The Morgan fingerprint density at radius 1 is 0.893 bits per heavy atom. The van der Waals surface area contributed by atoms with Crippen molar-refractivity contribution in [3.63, 3.8) is 0 Å². The summed E-state index contributed by atoms with van der Waals surface area (Å²) in [5, 5.41) is 14.1. The van der Waals surface area contributed by atoms with E-state index in [0.29, 0.717) is 16.9 Å². The summed E-state index contributed by atoms with van der Waals surface area (Å²) < 4.78 is 0. The summed E-state index contributed by atoms with van der Waals surface area (Å²) in [6, 6.07) is 13.4. The number of aromatic nitrogens is 3. The van der Waals surface area contributed by atoms with Gasteiger partial charge in [-0.05, 0) is 36.4 Å². The zero-order chi connectivity index (χ0) is 19.8. The van der Waals surface area contributed by atoms with Gasteiger partial charge in [0, 0.05) is 23.6 Å². The molecule has 0 unspecified atom stereocenters. The van der Waals surface area contributed by atoms with Crippen LogP contribution >= 0.6 is 0 Å². The van der Waals surface area contributed by atoms with Crippen LogP contribution < -0.4 is 16.0 Å². The van der Waals surface area contributed by atoms with Crippen molar-refractivity contribution in [1.82, 2.24) is 25.8 Å². The van der Waals surface area contributed by atoms with Crippen LogP contribution in [0.15, 0.2) is 60.9 Å². The van der Waals surface area contributed by atoms with Gasteiger partial charge in [-0.2, -0.15) is 5.10 Å². The number of rotatable bonds is 6. The Labute approximate surface area is 160 Å². The maximum atomic E-state index is 12.3. The van der Waals surface area contributed by atoms with Crippen LogP contribution in [0.5, 0.6) is 0 Å². The summed E-state index contributed by atoms with van der Waals surface area (Å²) >= 11 is 0. The third kappa shape index (κ3) is 5.24. The van der Waals surface area contributed by atoms with Crippen molar-refractivity contribution in [3.8, 4) is 0 Å². The van der Waals surface area contributed by atoms with Crippen molar-refractivity contribution in [2.24, 2.45) is 0 Å². The lowest BCUT2D eigenvalue weighted by Gasteiger charge is -2.08. The van der Waals surface area contributed by atoms with Crippen LogP contribution in [0.4, 0.5) is 5.69 Å². The molecule has 0 aliphatic heterocycles. The second kappa shape index (κ2) is 9.08. The van der Waals surface area contributed by atoms with Crippen molar-refractivity contribution < 1.29 is 14.4 Å². The summed E-state index contributed by atoms with van der Waals surface area (Å²) in [5.74, 6) is -1.93. The minimum Gasteiger partial charge on any atom is -0.346 e. The van der Waals surface area contributed by atoms with E-state index < -0.39 is 11.8 Å². The van der Waals surface area contributed by atoms with Gasteiger partial charge in [-0.15, -0.1) is 0 Å². The monoisotopic (exact) mass is 378 g/mol. The highest BCUT2D eigenvalue weighted by Crippen LogP contribution is 2.11. The molecule has 28 heavy (non-hydrogen) atoms. The van der Waals surface area contributed by atoms with E-state index in [9.17, 15) is 14.4 Å². The maximum absolute atomic E-state index is 12.3. The SMILES string of the molecule is O=C(NCc1ccn[nH]1)C(=O)Nc1cccc(C(=O)NCc2ccccn2)c1. The molecule has 2 aromatic heterocycles. The Hall–Kier alpha value is -4.01.